The van der Waals surface area contributed by atoms with E-state index in [0.29, 0.717) is 18.1 Å². The highest BCUT2D eigenvalue weighted by Crippen LogP contribution is 2.28. The van der Waals surface area contributed by atoms with Crippen molar-refractivity contribution in [2.24, 2.45) is 5.10 Å². The molecule has 3 aromatic rings. The molecule has 0 unspecified atom stereocenters. The minimum absolute atomic E-state index is 0.192. The number of carbonyl (C=O) groups is 1. The van der Waals surface area contributed by atoms with Gasteiger partial charge in [-0.3, -0.25) is 9.78 Å². The third-order valence-corrected chi connectivity index (χ3v) is 3.60. The molecule has 0 bridgehead atoms. The second-order valence-electron chi connectivity index (χ2n) is 5.47. The van der Waals surface area contributed by atoms with Gasteiger partial charge in [0.25, 0.3) is 5.91 Å². The van der Waals surface area contributed by atoms with E-state index in [1.54, 1.807) is 19.2 Å². The average molecular weight is 362 g/mol. The molecule has 0 aliphatic heterocycles. The molecule has 7 nitrogen and oxygen atoms in total. The van der Waals surface area contributed by atoms with E-state index in [-0.39, 0.29) is 5.69 Å². The topological polar surface area (TPSA) is 85.7 Å². The first-order chi connectivity index (χ1) is 13.3. The molecule has 136 valence electrons. The van der Waals surface area contributed by atoms with Crippen molar-refractivity contribution in [2.75, 3.05) is 7.11 Å². The molecule has 0 radical (unpaired) electrons. The number of hydrazone groups is 1. The average Bonchev–Trinajstić information content (AvgIpc) is 2.74. The Bertz CT molecular complexity index is 915. The van der Waals surface area contributed by atoms with Crippen molar-refractivity contribution in [3.63, 3.8) is 0 Å². The first kappa shape index (κ1) is 18.1. The summed E-state index contributed by atoms with van der Waals surface area (Å²) in [6.45, 7) is 0.443. The number of nitrogens with one attached hydrogen (secondary N) is 1. The molecule has 7 heteroatoms. The molecule has 0 atom stereocenters. The second-order valence-corrected chi connectivity index (χ2v) is 5.47. The third kappa shape index (κ3) is 5.12. The fourth-order valence-electron chi connectivity index (χ4n) is 2.26. The van der Waals surface area contributed by atoms with Gasteiger partial charge in [0.1, 0.15) is 12.3 Å². The number of rotatable bonds is 7. The molecule has 1 amide bonds. The van der Waals surface area contributed by atoms with Crippen LogP contribution in [-0.2, 0) is 6.61 Å². The lowest BCUT2D eigenvalue weighted by Crippen LogP contribution is -2.19. The van der Waals surface area contributed by atoms with Crippen LogP contribution in [0.2, 0.25) is 0 Å². The SMILES string of the molecule is COc1cc(C=NNC(=O)c2cnccn2)ccc1OCc1ccccc1. The lowest BCUT2D eigenvalue weighted by atomic mass is 10.2. The van der Waals surface area contributed by atoms with Gasteiger partial charge in [0, 0.05) is 12.4 Å². The van der Waals surface area contributed by atoms with Crippen LogP contribution in [0, 0.1) is 0 Å². The molecule has 0 saturated carbocycles. The Morgan fingerprint density at radius 3 is 2.74 bits per heavy atom. The van der Waals surface area contributed by atoms with Crippen LogP contribution in [0.15, 0.2) is 72.2 Å². The number of ether oxygens (including phenoxy) is 2. The van der Waals surface area contributed by atoms with E-state index in [4.69, 9.17) is 9.47 Å². The highest BCUT2D eigenvalue weighted by molar-refractivity contribution is 5.92. The van der Waals surface area contributed by atoms with Crippen LogP contribution in [0.4, 0.5) is 0 Å². The lowest BCUT2D eigenvalue weighted by molar-refractivity contribution is 0.0949. The van der Waals surface area contributed by atoms with Crippen molar-refractivity contribution in [3.05, 3.63) is 83.9 Å². The van der Waals surface area contributed by atoms with Gasteiger partial charge in [-0.15, -0.1) is 0 Å². The number of aromatic nitrogens is 2. The summed E-state index contributed by atoms with van der Waals surface area (Å²) in [7, 11) is 1.57. The smallest absolute Gasteiger partial charge is 0.291 e. The molecule has 1 heterocycles. The quantitative estimate of drug-likeness (QED) is 0.516. The summed E-state index contributed by atoms with van der Waals surface area (Å²) >= 11 is 0. The normalized spacial score (nSPS) is 10.6. The number of carbonyl (C=O) groups excluding carboxylic acids is 1. The molecule has 1 N–H and O–H groups in total. The second kappa shape index (κ2) is 9.10. The zero-order chi connectivity index (χ0) is 18.9. The predicted molar refractivity (Wildman–Crippen MR) is 101 cm³/mol. The van der Waals surface area contributed by atoms with Crippen molar-refractivity contribution in [3.8, 4) is 11.5 Å². The summed E-state index contributed by atoms with van der Waals surface area (Å²) in [4.78, 5) is 19.6. The van der Waals surface area contributed by atoms with Gasteiger partial charge in [-0.2, -0.15) is 5.10 Å². The number of hydrogen-bond donors (Lipinski definition) is 1. The third-order valence-electron chi connectivity index (χ3n) is 3.60. The van der Waals surface area contributed by atoms with E-state index in [2.05, 4.69) is 20.5 Å². The van der Waals surface area contributed by atoms with Crippen molar-refractivity contribution in [1.82, 2.24) is 15.4 Å². The maximum absolute atomic E-state index is 11.9. The molecule has 0 saturated heterocycles. The van der Waals surface area contributed by atoms with E-state index in [1.807, 2.05) is 36.4 Å². The molecule has 27 heavy (non-hydrogen) atoms. The Labute approximate surface area is 156 Å². The summed E-state index contributed by atoms with van der Waals surface area (Å²) in [5.74, 6) is 0.770. The monoisotopic (exact) mass is 362 g/mol. The van der Waals surface area contributed by atoms with Crippen molar-refractivity contribution in [1.29, 1.82) is 0 Å². The largest absolute Gasteiger partial charge is 0.493 e. The summed E-state index contributed by atoms with van der Waals surface area (Å²) < 4.78 is 11.2. The van der Waals surface area contributed by atoms with Gasteiger partial charge in [0.2, 0.25) is 0 Å². The Hall–Kier alpha value is -3.74. The van der Waals surface area contributed by atoms with Gasteiger partial charge in [-0.25, -0.2) is 10.4 Å². The minimum atomic E-state index is -0.436. The summed E-state index contributed by atoms with van der Waals surface area (Å²) in [6.07, 6.45) is 5.82. The minimum Gasteiger partial charge on any atom is -0.493 e. The molecule has 1 aromatic heterocycles. The van der Waals surface area contributed by atoms with E-state index in [9.17, 15) is 4.79 Å². The predicted octanol–water partition coefficient (Wildman–Crippen LogP) is 2.83. The summed E-state index contributed by atoms with van der Waals surface area (Å²) in [5.41, 5.74) is 4.41. The fraction of sp³-hybridized carbons (Fsp3) is 0.100. The van der Waals surface area contributed by atoms with Crippen molar-refractivity contribution in [2.45, 2.75) is 6.61 Å². The van der Waals surface area contributed by atoms with Crippen LogP contribution in [-0.4, -0.2) is 29.2 Å². The lowest BCUT2D eigenvalue weighted by Gasteiger charge is -2.11. The van der Waals surface area contributed by atoms with Gasteiger partial charge in [0.05, 0.1) is 19.5 Å². The molecule has 0 spiro atoms. The van der Waals surface area contributed by atoms with E-state index < -0.39 is 5.91 Å². The van der Waals surface area contributed by atoms with Gasteiger partial charge in [0.15, 0.2) is 11.5 Å². The maximum Gasteiger partial charge on any atom is 0.291 e. The van der Waals surface area contributed by atoms with Crippen LogP contribution in [0.5, 0.6) is 11.5 Å². The van der Waals surface area contributed by atoms with Gasteiger partial charge in [-0.05, 0) is 29.3 Å². The van der Waals surface area contributed by atoms with E-state index in [1.165, 1.54) is 24.8 Å². The van der Waals surface area contributed by atoms with Gasteiger partial charge >= 0.3 is 0 Å². The first-order valence-corrected chi connectivity index (χ1v) is 8.20. The number of nitrogens with zero attached hydrogens (tertiary/aromatic N) is 3. The Morgan fingerprint density at radius 1 is 1.15 bits per heavy atom. The Morgan fingerprint density at radius 2 is 2.00 bits per heavy atom. The van der Waals surface area contributed by atoms with Crippen LogP contribution < -0.4 is 14.9 Å². The molecule has 2 aromatic carbocycles. The number of hydrogen-bond acceptors (Lipinski definition) is 6. The molecular formula is C20H18N4O3. The van der Waals surface area contributed by atoms with Gasteiger partial charge < -0.3 is 9.47 Å². The maximum atomic E-state index is 11.9. The summed E-state index contributed by atoms with van der Waals surface area (Å²) in [6, 6.07) is 15.3. The van der Waals surface area contributed by atoms with Gasteiger partial charge in [-0.1, -0.05) is 30.3 Å². The standard InChI is InChI=1S/C20H18N4O3/c1-26-19-11-16(12-23-24-20(25)17-13-21-9-10-22-17)7-8-18(19)27-14-15-5-3-2-4-6-15/h2-13H,14H2,1H3,(H,24,25). The first-order valence-electron chi connectivity index (χ1n) is 8.20. The number of benzene rings is 2. The van der Waals surface area contributed by atoms with Crippen molar-refractivity contribution < 1.29 is 14.3 Å². The highest BCUT2D eigenvalue weighted by atomic mass is 16.5. The molecular weight excluding hydrogens is 344 g/mol. The highest BCUT2D eigenvalue weighted by Gasteiger charge is 2.07. The molecule has 0 aliphatic rings. The molecule has 3 rings (SSSR count). The van der Waals surface area contributed by atoms with Crippen molar-refractivity contribution >= 4 is 12.1 Å². The van der Waals surface area contributed by atoms with Crippen LogP contribution in [0.3, 0.4) is 0 Å². The van der Waals surface area contributed by atoms with Crippen LogP contribution in [0.25, 0.3) is 0 Å². The molecule has 0 fully saturated rings. The van der Waals surface area contributed by atoms with Crippen LogP contribution in [0.1, 0.15) is 21.6 Å². The van der Waals surface area contributed by atoms with Crippen LogP contribution >= 0.6 is 0 Å². The Balaban J connectivity index is 1.62. The molecule has 0 aliphatic carbocycles. The number of amides is 1. The Kier molecular flexibility index (Phi) is 6.08. The van der Waals surface area contributed by atoms with E-state index in [0.717, 1.165) is 11.1 Å². The summed E-state index contributed by atoms with van der Waals surface area (Å²) in [5, 5.41) is 3.93. The zero-order valence-electron chi connectivity index (χ0n) is 14.7. The fourth-order valence-corrected chi connectivity index (χ4v) is 2.26. The van der Waals surface area contributed by atoms with E-state index >= 15 is 0 Å². The zero-order valence-corrected chi connectivity index (χ0v) is 14.7. The number of methoxy groups -OCH3 is 1.